The Balaban J connectivity index is 1.95. The summed E-state index contributed by atoms with van der Waals surface area (Å²) in [5, 5.41) is 0. The number of anilines is 1. The number of fused-ring (bicyclic) bond motifs is 1. The fourth-order valence-corrected chi connectivity index (χ4v) is 3.40. The average molecular weight is 355 g/mol. The van der Waals surface area contributed by atoms with Crippen LogP contribution in [0.2, 0.25) is 0 Å². The van der Waals surface area contributed by atoms with Crippen molar-refractivity contribution in [2.75, 3.05) is 18.0 Å². The highest BCUT2D eigenvalue weighted by Gasteiger charge is 2.38. The van der Waals surface area contributed by atoms with Crippen LogP contribution in [0.4, 0.5) is 10.1 Å². The molecular formula is C15H16BrFN2O2. The van der Waals surface area contributed by atoms with Gasteiger partial charge in [0.15, 0.2) is 0 Å². The van der Waals surface area contributed by atoms with Crippen molar-refractivity contribution in [2.45, 2.75) is 31.7 Å². The van der Waals surface area contributed by atoms with Gasteiger partial charge in [0.25, 0.3) is 0 Å². The van der Waals surface area contributed by atoms with Crippen molar-refractivity contribution in [1.29, 1.82) is 0 Å². The molecule has 0 radical (unpaired) electrons. The van der Waals surface area contributed by atoms with E-state index in [1.165, 1.54) is 11.0 Å². The second kappa shape index (κ2) is 5.75. The van der Waals surface area contributed by atoms with E-state index in [0.717, 1.165) is 12.8 Å². The second-order valence-corrected chi connectivity index (χ2v) is 6.35. The van der Waals surface area contributed by atoms with Gasteiger partial charge in [0, 0.05) is 24.0 Å². The SMILES string of the molecule is O=C1C2CCCCN2C(=O)CCN1c1ccc(Br)cc1F. The standard InChI is InChI=1S/C15H16BrFN2O2/c16-10-4-5-12(11(17)9-10)19-8-6-14(20)18-7-2-1-3-13(18)15(19)21/h4-5,9,13H,1-3,6-8H2. The molecular weight excluding hydrogens is 339 g/mol. The van der Waals surface area contributed by atoms with Gasteiger partial charge in [-0.2, -0.15) is 0 Å². The number of benzene rings is 1. The molecule has 0 spiro atoms. The predicted molar refractivity (Wildman–Crippen MR) is 80.4 cm³/mol. The molecule has 0 aromatic heterocycles. The first kappa shape index (κ1) is 14.5. The Bertz CT molecular complexity index is 593. The van der Waals surface area contributed by atoms with E-state index in [9.17, 15) is 14.0 Å². The molecule has 1 aromatic rings. The summed E-state index contributed by atoms with van der Waals surface area (Å²) in [6.45, 7) is 0.870. The third-order valence-electron chi connectivity index (χ3n) is 4.12. The molecule has 4 nitrogen and oxygen atoms in total. The molecule has 1 unspecified atom stereocenters. The Labute approximate surface area is 131 Å². The first-order chi connectivity index (χ1) is 10.1. The number of nitrogens with zero attached hydrogens (tertiary/aromatic N) is 2. The molecule has 3 rings (SSSR count). The van der Waals surface area contributed by atoms with Gasteiger partial charge < -0.3 is 9.80 Å². The molecule has 0 aliphatic carbocycles. The molecule has 2 heterocycles. The number of rotatable bonds is 1. The van der Waals surface area contributed by atoms with Crippen LogP contribution >= 0.6 is 15.9 Å². The van der Waals surface area contributed by atoms with Crippen molar-refractivity contribution in [3.8, 4) is 0 Å². The third-order valence-corrected chi connectivity index (χ3v) is 4.62. The normalized spacial score (nSPS) is 23.0. The highest BCUT2D eigenvalue weighted by Crippen LogP contribution is 2.29. The van der Waals surface area contributed by atoms with E-state index in [2.05, 4.69) is 15.9 Å². The summed E-state index contributed by atoms with van der Waals surface area (Å²) in [7, 11) is 0. The van der Waals surface area contributed by atoms with Crippen LogP contribution < -0.4 is 4.90 Å². The lowest BCUT2D eigenvalue weighted by Gasteiger charge is -2.34. The number of hydrogen-bond donors (Lipinski definition) is 0. The summed E-state index contributed by atoms with van der Waals surface area (Å²) in [6.07, 6.45) is 2.77. The fraction of sp³-hybridized carbons (Fsp3) is 0.467. The molecule has 2 amide bonds. The van der Waals surface area contributed by atoms with Gasteiger partial charge in [-0.25, -0.2) is 4.39 Å². The van der Waals surface area contributed by atoms with Gasteiger partial charge in [-0.05, 0) is 37.5 Å². The van der Waals surface area contributed by atoms with Crippen molar-refractivity contribution < 1.29 is 14.0 Å². The molecule has 0 saturated carbocycles. The Morgan fingerprint density at radius 1 is 1.19 bits per heavy atom. The number of carbonyl (C=O) groups is 2. The maximum absolute atomic E-state index is 14.1. The minimum atomic E-state index is -0.450. The van der Waals surface area contributed by atoms with Crippen LogP contribution in [0.1, 0.15) is 25.7 Å². The molecule has 1 aromatic carbocycles. The second-order valence-electron chi connectivity index (χ2n) is 5.43. The molecule has 1 atom stereocenters. The Hall–Kier alpha value is -1.43. The molecule has 21 heavy (non-hydrogen) atoms. The maximum Gasteiger partial charge on any atom is 0.249 e. The highest BCUT2D eigenvalue weighted by molar-refractivity contribution is 9.10. The summed E-state index contributed by atoms with van der Waals surface area (Å²) < 4.78 is 14.8. The van der Waals surface area contributed by atoms with E-state index in [4.69, 9.17) is 0 Å². The summed E-state index contributed by atoms with van der Waals surface area (Å²) >= 11 is 3.21. The summed E-state index contributed by atoms with van der Waals surface area (Å²) in [5.74, 6) is -0.621. The minimum absolute atomic E-state index is 0.00642. The Morgan fingerprint density at radius 3 is 2.76 bits per heavy atom. The van der Waals surface area contributed by atoms with Gasteiger partial charge in [0.2, 0.25) is 11.8 Å². The number of piperidine rings is 1. The van der Waals surface area contributed by atoms with Crippen LogP contribution in [-0.4, -0.2) is 35.8 Å². The predicted octanol–water partition coefficient (Wildman–Crippen LogP) is 2.71. The van der Waals surface area contributed by atoms with Crippen molar-refractivity contribution in [1.82, 2.24) is 4.90 Å². The Kier molecular flexibility index (Phi) is 3.97. The maximum atomic E-state index is 14.1. The molecule has 2 fully saturated rings. The van der Waals surface area contributed by atoms with Gasteiger partial charge in [0.1, 0.15) is 11.9 Å². The minimum Gasteiger partial charge on any atom is -0.331 e. The van der Waals surface area contributed by atoms with Crippen molar-refractivity contribution in [3.63, 3.8) is 0 Å². The van der Waals surface area contributed by atoms with E-state index >= 15 is 0 Å². The zero-order valence-electron chi connectivity index (χ0n) is 11.5. The van der Waals surface area contributed by atoms with Gasteiger partial charge in [0.05, 0.1) is 5.69 Å². The number of amides is 2. The van der Waals surface area contributed by atoms with Crippen molar-refractivity contribution in [2.24, 2.45) is 0 Å². The third kappa shape index (κ3) is 2.69. The quantitative estimate of drug-likeness (QED) is 0.777. The summed E-state index contributed by atoms with van der Waals surface area (Å²) in [6, 6.07) is 4.20. The highest BCUT2D eigenvalue weighted by atomic mass is 79.9. The molecule has 2 aliphatic rings. The molecule has 112 valence electrons. The number of halogens is 2. The molecule has 2 aliphatic heterocycles. The van der Waals surface area contributed by atoms with Gasteiger partial charge >= 0.3 is 0 Å². The largest absolute Gasteiger partial charge is 0.331 e. The molecule has 0 N–H and O–H groups in total. The topological polar surface area (TPSA) is 40.6 Å². The van der Waals surface area contributed by atoms with Crippen molar-refractivity contribution >= 4 is 33.4 Å². The van der Waals surface area contributed by atoms with Crippen LogP contribution in [-0.2, 0) is 9.59 Å². The first-order valence-corrected chi connectivity index (χ1v) is 7.93. The Morgan fingerprint density at radius 2 is 2.00 bits per heavy atom. The fourth-order valence-electron chi connectivity index (χ4n) is 3.07. The van der Waals surface area contributed by atoms with Gasteiger partial charge in [-0.3, -0.25) is 9.59 Å². The van der Waals surface area contributed by atoms with E-state index in [1.54, 1.807) is 17.0 Å². The molecule has 2 saturated heterocycles. The molecule has 0 bridgehead atoms. The van der Waals surface area contributed by atoms with Crippen LogP contribution in [0.3, 0.4) is 0 Å². The van der Waals surface area contributed by atoms with E-state index < -0.39 is 11.9 Å². The zero-order chi connectivity index (χ0) is 15.0. The van der Waals surface area contributed by atoms with E-state index in [1.807, 2.05) is 0 Å². The lowest BCUT2D eigenvalue weighted by Crippen LogP contribution is -2.50. The van der Waals surface area contributed by atoms with Crippen LogP contribution in [0.5, 0.6) is 0 Å². The van der Waals surface area contributed by atoms with Gasteiger partial charge in [-0.1, -0.05) is 15.9 Å². The lowest BCUT2D eigenvalue weighted by atomic mass is 10.0. The monoisotopic (exact) mass is 354 g/mol. The number of carbonyl (C=O) groups excluding carboxylic acids is 2. The van der Waals surface area contributed by atoms with Crippen LogP contribution in [0.15, 0.2) is 22.7 Å². The van der Waals surface area contributed by atoms with Crippen molar-refractivity contribution in [3.05, 3.63) is 28.5 Å². The average Bonchev–Trinajstić information content (AvgIpc) is 2.59. The smallest absolute Gasteiger partial charge is 0.249 e. The zero-order valence-corrected chi connectivity index (χ0v) is 13.1. The van der Waals surface area contributed by atoms with Crippen LogP contribution in [0, 0.1) is 5.82 Å². The number of hydrogen-bond acceptors (Lipinski definition) is 2. The first-order valence-electron chi connectivity index (χ1n) is 7.14. The van der Waals surface area contributed by atoms with E-state index in [-0.39, 0.29) is 30.5 Å². The lowest BCUT2D eigenvalue weighted by molar-refractivity contribution is -0.139. The molecule has 6 heteroatoms. The van der Waals surface area contributed by atoms with E-state index in [0.29, 0.717) is 17.4 Å². The summed E-state index contributed by atoms with van der Waals surface area (Å²) in [4.78, 5) is 28.0. The van der Waals surface area contributed by atoms with Gasteiger partial charge in [-0.15, -0.1) is 0 Å². The summed E-state index contributed by atoms with van der Waals surface area (Å²) in [5.41, 5.74) is 0.253. The van der Waals surface area contributed by atoms with Crippen LogP contribution in [0.25, 0.3) is 0 Å².